The van der Waals surface area contributed by atoms with E-state index in [1.165, 1.54) is 23.2 Å². The van der Waals surface area contributed by atoms with E-state index in [2.05, 4.69) is 9.93 Å². The summed E-state index contributed by atoms with van der Waals surface area (Å²) < 4.78 is 29.7. The van der Waals surface area contributed by atoms with Gasteiger partial charge in [0.25, 0.3) is 10.0 Å². The molecule has 1 aromatic rings. The van der Waals surface area contributed by atoms with Crippen molar-refractivity contribution >= 4 is 22.3 Å². The first kappa shape index (κ1) is 19.2. The van der Waals surface area contributed by atoms with Crippen LogP contribution in [0.5, 0.6) is 0 Å². The van der Waals surface area contributed by atoms with Gasteiger partial charge < -0.3 is 9.84 Å². The number of nitrogens with one attached hydrogen (secondary N) is 1. The van der Waals surface area contributed by atoms with Crippen LogP contribution in [0, 0.1) is 6.92 Å². The first-order valence-corrected chi connectivity index (χ1v) is 9.20. The van der Waals surface area contributed by atoms with Gasteiger partial charge in [0.1, 0.15) is 5.54 Å². The third-order valence-corrected chi connectivity index (χ3v) is 5.06. The van der Waals surface area contributed by atoms with Crippen molar-refractivity contribution in [2.45, 2.75) is 43.7 Å². The molecule has 1 aromatic carbocycles. The first-order valence-electron chi connectivity index (χ1n) is 7.72. The highest BCUT2D eigenvalue weighted by Crippen LogP contribution is 2.30. The van der Waals surface area contributed by atoms with Crippen molar-refractivity contribution in [3.63, 3.8) is 0 Å². The lowest BCUT2D eigenvalue weighted by atomic mass is 9.91. The second-order valence-electron chi connectivity index (χ2n) is 7.05. The summed E-state index contributed by atoms with van der Waals surface area (Å²) in [5.74, 6) is 0. The molecule has 0 bridgehead atoms. The van der Waals surface area contributed by atoms with Crippen LogP contribution in [0.1, 0.15) is 26.3 Å². The molecule has 1 saturated heterocycles. The molecule has 0 spiro atoms. The molecule has 0 saturated carbocycles. The van der Waals surface area contributed by atoms with E-state index in [4.69, 9.17) is 4.74 Å². The lowest BCUT2D eigenvalue weighted by molar-refractivity contribution is -0.111. The minimum Gasteiger partial charge on any atom is -0.465 e. The van der Waals surface area contributed by atoms with E-state index in [1.807, 2.05) is 6.92 Å². The van der Waals surface area contributed by atoms with E-state index < -0.39 is 27.2 Å². The molecule has 0 radical (unpaired) electrons. The Morgan fingerprint density at radius 3 is 2.28 bits per heavy atom. The summed E-state index contributed by atoms with van der Waals surface area (Å²) in [6.45, 7) is 7.36. The number of hydrogen-bond donors (Lipinski definition) is 2. The molecule has 25 heavy (non-hydrogen) atoms. The highest BCUT2D eigenvalue weighted by Gasteiger charge is 2.50. The summed E-state index contributed by atoms with van der Waals surface area (Å²) >= 11 is 0. The van der Waals surface area contributed by atoms with Crippen molar-refractivity contribution in [3.8, 4) is 0 Å². The van der Waals surface area contributed by atoms with E-state index >= 15 is 0 Å². The summed E-state index contributed by atoms with van der Waals surface area (Å²) in [6, 6.07) is 6.33. The summed E-state index contributed by atoms with van der Waals surface area (Å²) in [5.41, 5.74) is -0.757. The van der Waals surface area contributed by atoms with Crippen LogP contribution in [0.15, 0.2) is 34.3 Å². The van der Waals surface area contributed by atoms with Crippen LogP contribution in [-0.2, 0) is 14.8 Å². The number of sulfonamides is 1. The number of rotatable bonds is 5. The fourth-order valence-corrected chi connectivity index (χ4v) is 3.50. The lowest BCUT2D eigenvalue weighted by Gasteiger charge is -2.51. The molecule has 0 aromatic heterocycles. The number of carbonyl (C=O) groups is 1. The fourth-order valence-electron chi connectivity index (χ4n) is 2.70. The van der Waals surface area contributed by atoms with Crippen molar-refractivity contribution in [1.82, 2.24) is 9.73 Å². The van der Waals surface area contributed by atoms with Crippen LogP contribution in [-0.4, -0.2) is 55.0 Å². The van der Waals surface area contributed by atoms with Crippen LogP contribution in [0.2, 0.25) is 0 Å². The molecule has 9 heteroatoms. The van der Waals surface area contributed by atoms with Gasteiger partial charge in [0, 0.05) is 5.54 Å². The molecule has 2 N–H and O–H groups in total. The van der Waals surface area contributed by atoms with Crippen molar-refractivity contribution in [2.24, 2.45) is 5.10 Å². The Bertz CT molecular complexity index is 762. The number of hydrazone groups is 1. The second-order valence-corrected chi connectivity index (χ2v) is 8.71. The van der Waals surface area contributed by atoms with Crippen LogP contribution in [0.3, 0.4) is 0 Å². The first-order chi connectivity index (χ1) is 11.5. The van der Waals surface area contributed by atoms with Crippen LogP contribution in [0.25, 0.3) is 0 Å². The molecule has 1 fully saturated rings. The molecule has 0 unspecified atom stereocenters. The number of aryl methyl sites for hydroxylation is 1. The van der Waals surface area contributed by atoms with E-state index in [-0.39, 0.29) is 18.1 Å². The maximum atomic E-state index is 12.3. The van der Waals surface area contributed by atoms with Gasteiger partial charge in [0.15, 0.2) is 0 Å². The lowest BCUT2D eigenvalue weighted by Crippen LogP contribution is -2.69. The predicted octanol–water partition coefficient (Wildman–Crippen LogP) is 1.81. The van der Waals surface area contributed by atoms with Gasteiger partial charge in [-0.05, 0) is 39.8 Å². The monoisotopic (exact) mass is 369 g/mol. The van der Waals surface area contributed by atoms with Crippen LogP contribution in [0.4, 0.5) is 4.79 Å². The quantitative estimate of drug-likeness (QED) is 0.608. The van der Waals surface area contributed by atoms with Crippen molar-refractivity contribution < 1.29 is 23.1 Å². The Kier molecular flexibility index (Phi) is 5.10. The maximum Gasteiger partial charge on any atom is 0.408 e. The van der Waals surface area contributed by atoms with E-state index in [1.54, 1.807) is 32.9 Å². The molecule has 138 valence electrons. The SMILES string of the molecule is Cc1ccc(S(=O)(=O)N/N=C/C2(N(C(=O)O)C(C)(C)C)COC2)cc1. The number of ether oxygens (including phenoxy) is 1. The molecule has 0 aliphatic carbocycles. The zero-order valence-electron chi connectivity index (χ0n) is 14.7. The second kappa shape index (κ2) is 6.64. The van der Waals surface area contributed by atoms with Crippen molar-refractivity contribution in [3.05, 3.63) is 29.8 Å². The molecule has 1 heterocycles. The minimum absolute atomic E-state index is 0.0834. The number of carboxylic acid groups (broad SMARTS) is 1. The Labute approximate surface area is 147 Å². The van der Waals surface area contributed by atoms with Gasteiger partial charge in [-0.25, -0.2) is 9.63 Å². The zero-order chi connectivity index (χ0) is 18.9. The molecular formula is C16H23N3O5S. The average molecular weight is 369 g/mol. The Morgan fingerprint density at radius 2 is 1.88 bits per heavy atom. The third kappa shape index (κ3) is 4.10. The average Bonchev–Trinajstić information content (AvgIpc) is 2.42. The molecule has 1 amide bonds. The number of nitrogens with zero attached hydrogens (tertiary/aromatic N) is 2. The topological polar surface area (TPSA) is 108 Å². The molecule has 0 atom stereocenters. The van der Waals surface area contributed by atoms with Crippen LogP contribution < -0.4 is 4.83 Å². The molecule has 8 nitrogen and oxygen atoms in total. The van der Waals surface area contributed by atoms with Crippen molar-refractivity contribution in [1.29, 1.82) is 0 Å². The zero-order valence-corrected chi connectivity index (χ0v) is 15.5. The molecule has 1 aliphatic rings. The molecular weight excluding hydrogens is 346 g/mol. The van der Waals surface area contributed by atoms with E-state index in [0.717, 1.165) is 5.56 Å². The number of amides is 1. The molecule has 1 aliphatic heterocycles. The van der Waals surface area contributed by atoms with Gasteiger partial charge in [-0.3, -0.25) is 4.90 Å². The Morgan fingerprint density at radius 1 is 1.32 bits per heavy atom. The Balaban J connectivity index is 2.21. The van der Waals surface area contributed by atoms with Gasteiger partial charge in [0.2, 0.25) is 0 Å². The molecule has 2 rings (SSSR count). The van der Waals surface area contributed by atoms with E-state index in [0.29, 0.717) is 0 Å². The summed E-state index contributed by atoms with van der Waals surface area (Å²) in [5, 5.41) is 13.3. The largest absolute Gasteiger partial charge is 0.465 e. The van der Waals surface area contributed by atoms with Gasteiger partial charge in [-0.15, -0.1) is 0 Å². The van der Waals surface area contributed by atoms with E-state index in [9.17, 15) is 18.3 Å². The van der Waals surface area contributed by atoms with Crippen molar-refractivity contribution in [2.75, 3.05) is 13.2 Å². The number of hydrogen-bond acceptors (Lipinski definition) is 5. The summed E-state index contributed by atoms with van der Waals surface area (Å²) in [4.78, 5) is 15.1. The fraction of sp³-hybridized carbons (Fsp3) is 0.500. The third-order valence-electron chi connectivity index (χ3n) is 3.82. The minimum atomic E-state index is -3.82. The Hall–Kier alpha value is -2.13. The predicted molar refractivity (Wildman–Crippen MR) is 93.2 cm³/mol. The smallest absolute Gasteiger partial charge is 0.408 e. The van der Waals surface area contributed by atoms with Gasteiger partial charge >= 0.3 is 6.09 Å². The summed E-state index contributed by atoms with van der Waals surface area (Å²) in [7, 11) is -3.82. The van der Waals surface area contributed by atoms with Gasteiger partial charge in [-0.2, -0.15) is 13.5 Å². The summed E-state index contributed by atoms with van der Waals surface area (Å²) in [6.07, 6.45) is 0.172. The van der Waals surface area contributed by atoms with Gasteiger partial charge in [-0.1, -0.05) is 17.7 Å². The highest BCUT2D eigenvalue weighted by atomic mass is 32.2. The number of benzene rings is 1. The van der Waals surface area contributed by atoms with Gasteiger partial charge in [0.05, 0.1) is 24.3 Å². The maximum absolute atomic E-state index is 12.3. The highest BCUT2D eigenvalue weighted by molar-refractivity contribution is 7.89. The van der Waals surface area contributed by atoms with Crippen LogP contribution >= 0.6 is 0 Å². The standard InChI is InChI=1S/C16H23N3O5S/c1-12-5-7-13(8-6-12)25(22,23)18-17-9-16(10-24-11-16)19(14(20)21)15(2,3)4/h5-9,18H,10-11H2,1-4H3,(H,20,21)/b17-9+. The normalized spacial score (nSPS) is 17.1.